The largest absolute Gasteiger partial charge is 0.421 e. The summed E-state index contributed by atoms with van der Waals surface area (Å²) in [5.74, 6) is 1.33. The van der Waals surface area contributed by atoms with Crippen molar-refractivity contribution in [2.45, 2.75) is 25.7 Å². The molecule has 1 aliphatic rings. The van der Waals surface area contributed by atoms with Gasteiger partial charge in [-0.25, -0.2) is 0 Å². The molecule has 94 valence electrons. The van der Waals surface area contributed by atoms with Crippen molar-refractivity contribution in [3.8, 4) is 11.5 Å². The van der Waals surface area contributed by atoms with Crippen molar-refractivity contribution in [3.63, 3.8) is 0 Å². The maximum Gasteiger partial charge on any atom is 0.247 e. The molecule has 0 amide bonds. The molecule has 2 aromatic rings. The number of benzene rings is 1. The van der Waals surface area contributed by atoms with Gasteiger partial charge in [0.25, 0.3) is 0 Å². The monoisotopic (exact) mass is 243 g/mol. The van der Waals surface area contributed by atoms with Crippen LogP contribution in [0.5, 0.6) is 0 Å². The highest BCUT2D eigenvalue weighted by atomic mass is 16.4. The lowest BCUT2D eigenvalue weighted by Crippen LogP contribution is -2.10. The van der Waals surface area contributed by atoms with Gasteiger partial charge in [-0.15, -0.1) is 10.2 Å². The summed E-state index contributed by atoms with van der Waals surface area (Å²) >= 11 is 0. The Hall–Kier alpha value is -1.68. The maximum atomic E-state index is 5.67. The van der Waals surface area contributed by atoms with E-state index in [0.717, 1.165) is 18.5 Å². The molecule has 0 fully saturated rings. The van der Waals surface area contributed by atoms with E-state index >= 15 is 0 Å². The van der Waals surface area contributed by atoms with Gasteiger partial charge in [0.15, 0.2) is 0 Å². The van der Waals surface area contributed by atoms with Crippen LogP contribution in [0.2, 0.25) is 0 Å². The molecule has 0 radical (unpaired) electrons. The van der Waals surface area contributed by atoms with Gasteiger partial charge in [0, 0.05) is 18.5 Å². The minimum Gasteiger partial charge on any atom is -0.421 e. The Labute approximate surface area is 106 Å². The van der Waals surface area contributed by atoms with E-state index in [-0.39, 0.29) is 0 Å². The minimum absolute atomic E-state index is 0.635. The van der Waals surface area contributed by atoms with Gasteiger partial charge in [-0.3, -0.25) is 0 Å². The molecule has 1 aromatic carbocycles. The van der Waals surface area contributed by atoms with Crippen LogP contribution in [0.15, 0.2) is 22.6 Å². The van der Waals surface area contributed by atoms with E-state index in [4.69, 9.17) is 4.42 Å². The molecular formula is C14H17N3O. The standard InChI is InChI=1S/C14H17N3O/c1-15-8-7-13-16-17-14(18-13)12-6-5-10-3-2-4-11(10)9-12/h5-6,9,15H,2-4,7-8H2,1H3. The van der Waals surface area contributed by atoms with Gasteiger partial charge in [0.2, 0.25) is 11.8 Å². The first kappa shape index (κ1) is 11.4. The van der Waals surface area contributed by atoms with Crippen molar-refractivity contribution < 1.29 is 4.42 Å². The van der Waals surface area contributed by atoms with E-state index in [2.05, 4.69) is 33.7 Å². The van der Waals surface area contributed by atoms with Crippen molar-refractivity contribution in [1.82, 2.24) is 15.5 Å². The number of nitrogens with one attached hydrogen (secondary N) is 1. The molecule has 0 bridgehead atoms. The summed E-state index contributed by atoms with van der Waals surface area (Å²) in [7, 11) is 1.91. The molecule has 18 heavy (non-hydrogen) atoms. The van der Waals surface area contributed by atoms with E-state index in [0.29, 0.717) is 11.8 Å². The number of hydrogen-bond acceptors (Lipinski definition) is 4. The highest BCUT2D eigenvalue weighted by Crippen LogP contribution is 2.27. The molecular weight excluding hydrogens is 226 g/mol. The molecule has 0 spiro atoms. The lowest BCUT2D eigenvalue weighted by molar-refractivity contribution is 0.500. The Bertz CT molecular complexity index is 548. The lowest BCUT2D eigenvalue weighted by atomic mass is 10.1. The van der Waals surface area contributed by atoms with Gasteiger partial charge in [-0.1, -0.05) is 6.07 Å². The average molecular weight is 243 g/mol. The van der Waals surface area contributed by atoms with E-state index in [9.17, 15) is 0 Å². The fourth-order valence-corrected chi connectivity index (χ4v) is 2.41. The number of hydrogen-bond donors (Lipinski definition) is 1. The number of likely N-dealkylation sites (N-methyl/N-ethyl adjacent to an activating group) is 1. The molecule has 4 heteroatoms. The van der Waals surface area contributed by atoms with Crippen LogP contribution < -0.4 is 5.32 Å². The first-order valence-electron chi connectivity index (χ1n) is 6.46. The normalized spacial score (nSPS) is 13.8. The topological polar surface area (TPSA) is 51.0 Å². The molecule has 0 unspecified atom stereocenters. The summed E-state index contributed by atoms with van der Waals surface area (Å²) < 4.78 is 5.67. The number of rotatable bonds is 4. The number of nitrogens with zero attached hydrogens (tertiary/aromatic N) is 2. The first-order valence-corrected chi connectivity index (χ1v) is 6.46. The SMILES string of the molecule is CNCCc1nnc(-c2ccc3c(c2)CCC3)o1. The van der Waals surface area contributed by atoms with Crippen LogP contribution in [0.25, 0.3) is 11.5 Å². The second-order valence-electron chi connectivity index (χ2n) is 4.69. The van der Waals surface area contributed by atoms with Crippen LogP contribution in [0.4, 0.5) is 0 Å². The van der Waals surface area contributed by atoms with Gasteiger partial charge >= 0.3 is 0 Å². The Kier molecular flexibility index (Phi) is 3.11. The van der Waals surface area contributed by atoms with Crippen molar-refractivity contribution >= 4 is 0 Å². The van der Waals surface area contributed by atoms with E-state index < -0.39 is 0 Å². The van der Waals surface area contributed by atoms with E-state index in [1.54, 1.807) is 0 Å². The predicted molar refractivity (Wildman–Crippen MR) is 69.4 cm³/mol. The predicted octanol–water partition coefficient (Wildman–Crippen LogP) is 1.99. The molecule has 0 aliphatic heterocycles. The zero-order valence-electron chi connectivity index (χ0n) is 10.6. The third-order valence-electron chi connectivity index (χ3n) is 3.40. The average Bonchev–Trinajstić information content (AvgIpc) is 3.04. The van der Waals surface area contributed by atoms with Crippen LogP contribution in [0, 0.1) is 0 Å². The molecule has 1 heterocycles. The maximum absolute atomic E-state index is 5.67. The Morgan fingerprint density at radius 2 is 2.11 bits per heavy atom. The van der Waals surface area contributed by atoms with Crippen LogP contribution in [-0.2, 0) is 19.3 Å². The molecule has 1 aliphatic carbocycles. The summed E-state index contributed by atoms with van der Waals surface area (Å²) in [5, 5.41) is 11.3. The van der Waals surface area contributed by atoms with Gasteiger partial charge < -0.3 is 9.73 Å². The molecule has 0 saturated carbocycles. The number of aryl methyl sites for hydroxylation is 2. The molecule has 4 nitrogen and oxygen atoms in total. The third kappa shape index (κ3) is 2.16. The second-order valence-corrected chi connectivity index (χ2v) is 4.69. The quantitative estimate of drug-likeness (QED) is 0.892. The van der Waals surface area contributed by atoms with Crippen LogP contribution in [0.1, 0.15) is 23.4 Å². The van der Waals surface area contributed by atoms with Crippen molar-refractivity contribution in [2.24, 2.45) is 0 Å². The summed E-state index contributed by atoms with van der Waals surface area (Å²) in [6.45, 7) is 0.853. The summed E-state index contributed by atoms with van der Waals surface area (Å²) in [6.07, 6.45) is 4.40. The van der Waals surface area contributed by atoms with Crippen LogP contribution in [0.3, 0.4) is 0 Å². The molecule has 0 atom stereocenters. The Morgan fingerprint density at radius 1 is 1.22 bits per heavy atom. The Morgan fingerprint density at radius 3 is 3.00 bits per heavy atom. The lowest BCUT2D eigenvalue weighted by Gasteiger charge is -2.00. The number of fused-ring (bicyclic) bond motifs is 1. The second kappa shape index (κ2) is 4.90. The fourth-order valence-electron chi connectivity index (χ4n) is 2.41. The Balaban J connectivity index is 1.83. The third-order valence-corrected chi connectivity index (χ3v) is 3.40. The van der Waals surface area contributed by atoms with Gasteiger partial charge in [-0.2, -0.15) is 0 Å². The molecule has 1 aromatic heterocycles. The number of aromatic nitrogens is 2. The fraction of sp³-hybridized carbons (Fsp3) is 0.429. The zero-order chi connectivity index (χ0) is 12.4. The van der Waals surface area contributed by atoms with Crippen LogP contribution >= 0.6 is 0 Å². The smallest absolute Gasteiger partial charge is 0.247 e. The van der Waals surface area contributed by atoms with E-state index in [1.165, 1.54) is 30.4 Å². The highest BCUT2D eigenvalue weighted by Gasteiger charge is 2.14. The van der Waals surface area contributed by atoms with Gasteiger partial charge in [0.1, 0.15) is 0 Å². The molecule has 3 rings (SSSR count). The van der Waals surface area contributed by atoms with Crippen molar-refractivity contribution in [2.75, 3.05) is 13.6 Å². The summed E-state index contributed by atoms with van der Waals surface area (Å²) in [4.78, 5) is 0. The summed E-state index contributed by atoms with van der Waals surface area (Å²) in [6, 6.07) is 6.46. The first-order chi connectivity index (χ1) is 8.86. The van der Waals surface area contributed by atoms with Gasteiger partial charge in [0.05, 0.1) is 0 Å². The molecule has 1 N–H and O–H groups in total. The van der Waals surface area contributed by atoms with Crippen LogP contribution in [-0.4, -0.2) is 23.8 Å². The zero-order valence-corrected chi connectivity index (χ0v) is 10.6. The van der Waals surface area contributed by atoms with Crippen molar-refractivity contribution in [1.29, 1.82) is 0 Å². The summed E-state index contributed by atoms with van der Waals surface area (Å²) in [5.41, 5.74) is 3.94. The van der Waals surface area contributed by atoms with Gasteiger partial charge in [-0.05, 0) is 49.6 Å². The molecule has 0 saturated heterocycles. The van der Waals surface area contributed by atoms with Crippen molar-refractivity contribution in [3.05, 3.63) is 35.2 Å². The van der Waals surface area contributed by atoms with E-state index in [1.807, 2.05) is 7.05 Å². The highest BCUT2D eigenvalue weighted by molar-refractivity contribution is 5.56. The minimum atomic E-state index is 0.635.